The third-order valence-electron chi connectivity index (χ3n) is 6.09. The largest absolute Gasteiger partial charge is 0.481 e. The van der Waals surface area contributed by atoms with Gasteiger partial charge in [0.2, 0.25) is 0 Å². The van der Waals surface area contributed by atoms with E-state index in [4.69, 9.17) is 4.74 Å². The Morgan fingerprint density at radius 2 is 1.91 bits per heavy atom. The Morgan fingerprint density at radius 3 is 2.65 bits per heavy atom. The van der Waals surface area contributed by atoms with E-state index in [0.29, 0.717) is 24.4 Å². The predicted octanol–water partition coefficient (Wildman–Crippen LogP) is 4.85. The summed E-state index contributed by atoms with van der Waals surface area (Å²) in [7, 11) is 0. The van der Waals surface area contributed by atoms with Crippen LogP contribution in [0.1, 0.15) is 45.6 Å². The van der Waals surface area contributed by atoms with Crippen molar-refractivity contribution in [2.45, 2.75) is 32.4 Å². The number of hydrogen-bond donors (Lipinski definition) is 1. The molecular formula is C29H30N2O3. The van der Waals surface area contributed by atoms with Crippen LogP contribution in [-0.2, 0) is 11.2 Å². The van der Waals surface area contributed by atoms with Gasteiger partial charge in [0.15, 0.2) is 6.10 Å². The van der Waals surface area contributed by atoms with E-state index in [9.17, 15) is 9.59 Å². The normalized spacial score (nSPS) is 15.7. The predicted molar refractivity (Wildman–Crippen MR) is 134 cm³/mol. The van der Waals surface area contributed by atoms with E-state index in [1.807, 2.05) is 59.5 Å². The molecule has 2 atom stereocenters. The molecule has 3 aromatic carbocycles. The zero-order chi connectivity index (χ0) is 24.1. The first kappa shape index (κ1) is 23.3. The Kier molecular flexibility index (Phi) is 7.12. The average Bonchev–Trinajstić information content (AvgIpc) is 2.86. The Bertz CT molecular complexity index is 1190. The lowest BCUT2D eigenvalue weighted by Crippen LogP contribution is -2.40. The van der Waals surface area contributed by atoms with Crippen LogP contribution in [0, 0.1) is 6.92 Å². The molecule has 0 saturated heterocycles. The fourth-order valence-electron chi connectivity index (χ4n) is 4.41. The van der Waals surface area contributed by atoms with Gasteiger partial charge in [0.25, 0.3) is 11.8 Å². The van der Waals surface area contributed by atoms with Crippen molar-refractivity contribution >= 4 is 11.8 Å². The number of carbonyl (C=O) groups excluding carboxylic acids is 2. The van der Waals surface area contributed by atoms with E-state index in [1.54, 1.807) is 13.0 Å². The molecule has 1 aliphatic heterocycles. The van der Waals surface area contributed by atoms with Gasteiger partial charge < -0.3 is 15.0 Å². The molecule has 0 fully saturated rings. The van der Waals surface area contributed by atoms with E-state index in [-0.39, 0.29) is 17.9 Å². The maximum atomic E-state index is 13.6. The maximum absolute atomic E-state index is 13.6. The van der Waals surface area contributed by atoms with Gasteiger partial charge in [-0.15, -0.1) is 6.58 Å². The fraction of sp³-hybridized carbons (Fsp3) is 0.241. The van der Waals surface area contributed by atoms with Crippen molar-refractivity contribution in [2.75, 3.05) is 13.1 Å². The molecule has 5 nitrogen and oxygen atoms in total. The molecular weight excluding hydrogens is 424 g/mol. The van der Waals surface area contributed by atoms with E-state index < -0.39 is 6.10 Å². The van der Waals surface area contributed by atoms with Crippen LogP contribution < -0.4 is 10.1 Å². The average molecular weight is 455 g/mol. The smallest absolute Gasteiger partial charge is 0.261 e. The van der Waals surface area contributed by atoms with Crippen LogP contribution in [0.2, 0.25) is 0 Å². The Balaban J connectivity index is 1.71. The molecule has 34 heavy (non-hydrogen) atoms. The van der Waals surface area contributed by atoms with Crippen LogP contribution in [-0.4, -0.2) is 35.9 Å². The summed E-state index contributed by atoms with van der Waals surface area (Å²) in [6.07, 6.45) is 1.74. The van der Waals surface area contributed by atoms with Gasteiger partial charge in [0.1, 0.15) is 5.75 Å². The van der Waals surface area contributed by atoms with Crippen molar-refractivity contribution in [1.29, 1.82) is 0 Å². The third-order valence-corrected chi connectivity index (χ3v) is 6.09. The molecule has 0 saturated carbocycles. The van der Waals surface area contributed by atoms with Crippen LogP contribution in [0.15, 0.2) is 85.5 Å². The highest BCUT2D eigenvalue weighted by Crippen LogP contribution is 2.38. The lowest BCUT2D eigenvalue weighted by molar-refractivity contribution is -0.127. The quantitative estimate of drug-likeness (QED) is 0.519. The minimum atomic E-state index is -0.652. The molecule has 0 aliphatic carbocycles. The molecule has 0 unspecified atom stereocenters. The van der Waals surface area contributed by atoms with Crippen LogP contribution in [0.5, 0.6) is 5.75 Å². The molecule has 0 spiro atoms. The van der Waals surface area contributed by atoms with Gasteiger partial charge >= 0.3 is 0 Å². The van der Waals surface area contributed by atoms with Gasteiger partial charge in [-0.1, -0.05) is 60.2 Å². The molecule has 0 radical (unpaired) electrons. The zero-order valence-electron chi connectivity index (χ0n) is 19.7. The second-order valence-corrected chi connectivity index (χ2v) is 8.59. The van der Waals surface area contributed by atoms with Crippen molar-refractivity contribution in [1.82, 2.24) is 10.2 Å². The second kappa shape index (κ2) is 10.4. The van der Waals surface area contributed by atoms with E-state index >= 15 is 0 Å². The van der Waals surface area contributed by atoms with Crippen LogP contribution in [0.3, 0.4) is 0 Å². The number of benzene rings is 3. The van der Waals surface area contributed by atoms with Crippen LogP contribution in [0.25, 0.3) is 0 Å². The zero-order valence-corrected chi connectivity index (χ0v) is 19.7. The van der Waals surface area contributed by atoms with Gasteiger partial charge in [0, 0.05) is 18.7 Å². The number of hydrogen-bond acceptors (Lipinski definition) is 3. The summed E-state index contributed by atoms with van der Waals surface area (Å²) in [6, 6.07) is 23.4. The molecule has 1 N–H and O–H groups in total. The molecule has 5 heteroatoms. The minimum absolute atomic E-state index is 0.00116. The Hall–Kier alpha value is -3.86. The molecule has 3 aromatic rings. The van der Waals surface area contributed by atoms with Gasteiger partial charge in [-0.25, -0.2) is 0 Å². The summed E-state index contributed by atoms with van der Waals surface area (Å²) in [5.41, 5.74) is 5.07. The summed E-state index contributed by atoms with van der Waals surface area (Å²) < 4.78 is 5.98. The molecule has 1 heterocycles. The van der Waals surface area contributed by atoms with E-state index in [2.05, 4.69) is 37.0 Å². The van der Waals surface area contributed by atoms with Crippen molar-refractivity contribution in [3.05, 3.63) is 113 Å². The number of carbonyl (C=O) groups is 2. The van der Waals surface area contributed by atoms with Crippen molar-refractivity contribution in [3.8, 4) is 5.75 Å². The summed E-state index contributed by atoms with van der Waals surface area (Å²) in [4.78, 5) is 27.8. The maximum Gasteiger partial charge on any atom is 0.261 e. The van der Waals surface area contributed by atoms with Gasteiger partial charge in [-0.05, 0) is 61.2 Å². The third kappa shape index (κ3) is 5.04. The standard InChI is InChI=1S/C29H30N2O3/c1-4-16-30-28(32)21(3)34-25-14-13-22-15-17-31(29(33)23-10-6-5-7-11-23)27(26(22)19-25)24-12-8-9-20(2)18-24/h4-14,18-19,21,27H,1,15-17H2,2-3H3,(H,30,32)/t21-,27+/m1/s1. The van der Waals surface area contributed by atoms with Gasteiger partial charge in [-0.3, -0.25) is 9.59 Å². The van der Waals surface area contributed by atoms with E-state index in [0.717, 1.165) is 23.1 Å². The first-order valence-electron chi connectivity index (χ1n) is 11.6. The topological polar surface area (TPSA) is 58.6 Å². The van der Waals surface area contributed by atoms with E-state index in [1.165, 1.54) is 5.56 Å². The Morgan fingerprint density at radius 1 is 1.12 bits per heavy atom. The second-order valence-electron chi connectivity index (χ2n) is 8.59. The van der Waals surface area contributed by atoms with Crippen molar-refractivity contribution in [3.63, 3.8) is 0 Å². The SMILES string of the molecule is C=CCNC(=O)[C@@H](C)Oc1ccc2c(c1)[C@H](c1cccc(C)c1)N(C(=O)c1ccccc1)CC2. The number of aryl methyl sites for hydroxylation is 1. The molecule has 174 valence electrons. The number of amides is 2. The number of nitrogens with one attached hydrogen (secondary N) is 1. The Labute approximate surface area is 201 Å². The monoisotopic (exact) mass is 454 g/mol. The number of nitrogens with zero attached hydrogens (tertiary/aromatic N) is 1. The molecule has 2 amide bonds. The van der Waals surface area contributed by atoms with Crippen molar-refractivity contribution < 1.29 is 14.3 Å². The van der Waals surface area contributed by atoms with Crippen molar-refractivity contribution in [2.24, 2.45) is 0 Å². The highest BCUT2D eigenvalue weighted by atomic mass is 16.5. The lowest BCUT2D eigenvalue weighted by Gasteiger charge is -2.38. The molecule has 1 aliphatic rings. The first-order valence-corrected chi connectivity index (χ1v) is 11.6. The summed E-state index contributed by atoms with van der Waals surface area (Å²) in [6.45, 7) is 8.42. The van der Waals surface area contributed by atoms with Gasteiger partial charge in [-0.2, -0.15) is 0 Å². The molecule has 0 aromatic heterocycles. The van der Waals surface area contributed by atoms with Crippen LogP contribution in [0.4, 0.5) is 0 Å². The molecule has 4 rings (SSSR count). The highest BCUT2D eigenvalue weighted by molar-refractivity contribution is 5.95. The van der Waals surface area contributed by atoms with Crippen LogP contribution >= 0.6 is 0 Å². The highest BCUT2D eigenvalue weighted by Gasteiger charge is 2.33. The molecule has 0 bridgehead atoms. The minimum Gasteiger partial charge on any atom is -0.481 e. The number of fused-ring (bicyclic) bond motifs is 1. The number of rotatable bonds is 7. The van der Waals surface area contributed by atoms with Gasteiger partial charge in [0.05, 0.1) is 6.04 Å². The first-order chi connectivity index (χ1) is 16.5. The fourth-order valence-corrected chi connectivity index (χ4v) is 4.41. The summed E-state index contributed by atoms with van der Waals surface area (Å²) in [5.74, 6) is 0.404. The summed E-state index contributed by atoms with van der Waals surface area (Å²) in [5, 5.41) is 2.76. The lowest BCUT2D eigenvalue weighted by atomic mass is 9.87. The summed E-state index contributed by atoms with van der Waals surface area (Å²) >= 11 is 0. The number of ether oxygens (including phenoxy) is 1.